The summed E-state index contributed by atoms with van der Waals surface area (Å²) in [6.07, 6.45) is -3.26. The molecule has 0 fully saturated rings. The van der Waals surface area contributed by atoms with E-state index in [0.29, 0.717) is 12.0 Å². The molecule has 0 aromatic heterocycles. The highest BCUT2D eigenvalue weighted by Crippen LogP contribution is 2.38. The Hall–Kier alpha value is -2.21. The topological polar surface area (TPSA) is 41.6 Å². The van der Waals surface area contributed by atoms with E-state index >= 15 is 0 Å². The summed E-state index contributed by atoms with van der Waals surface area (Å²) in [4.78, 5) is 5.77. The third-order valence-electron chi connectivity index (χ3n) is 4.12. The Kier molecular flexibility index (Phi) is 6.18. The van der Waals surface area contributed by atoms with Crippen molar-refractivity contribution in [1.82, 2.24) is 0 Å². The summed E-state index contributed by atoms with van der Waals surface area (Å²) < 4.78 is 39.4. The Morgan fingerprint density at radius 3 is 2.42 bits per heavy atom. The van der Waals surface area contributed by atoms with Gasteiger partial charge in [-0.2, -0.15) is 13.2 Å². The van der Waals surface area contributed by atoms with Crippen molar-refractivity contribution in [3.63, 3.8) is 0 Å². The van der Waals surface area contributed by atoms with Gasteiger partial charge in [0, 0.05) is 12.7 Å². The van der Waals surface area contributed by atoms with Gasteiger partial charge in [-0.25, -0.2) is 4.99 Å². The second-order valence-electron chi connectivity index (χ2n) is 5.87. The van der Waals surface area contributed by atoms with Crippen LogP contribution < -0.4 is 10.6 Å². The zero-order valence-electron chi connectivity index (χ0n) is 14.9. The van der Waals surface area contributed by atoms with Crippen LogP contribution >= 0.6 is 11.6 Å². The molecule has 7 heteroatoms. The lowest BCUT2D eigenvalue weighted by molar-refractivity contribution is -0.137. The van der Waals surface area contributed by atoms with Gasteiger partial charge in [0.15, 0.2) is 0 Å². The predicted octanol–water partition coefficient (Wildman–Crippen LogP) is 5.57. The van der Waals surface area contributed by atoms with Crippen molar-refractivity contribution < 1.29 is 13.2 Å². The highest BCUT2D eigenvalue weighted by Gasteiger charge is 2.32. The van der Waals surface area contributed by atoms with Crippen molar-refractivity contribution in [2.75, 3.05) is 11.9 Å². The highest BCUT2D eigenvalue weighted by atomic mass is 35.5. The highest BCUT2D eigenvalue weighted by molar-refractivity contribution is 6.34. The van der Waals surface area contributed by atoms with Gasteiger partial charge in [-0.1, -0.05) is 37.6 Å². The van der Waals surface area contributed by atoms with Crippen molar-refractivity contribution in [1.29, 1.82) is 0 Å². The summed E-state index contributed by atoms with van der Waals surface area (Å²) in [6.45, 7) is 3.77. The van der Waals surface area contributed by atoms with Crippen LogP contribution in [0.4, 0.5) is 24.5 Å². The van der Waals surface area contributed by atoms with Crippen LogP contribution in [0, 0.1) is 0 Å². The number of hydrogen-bond donors (Lipinski definition) is 1. The zero-order chi connectivity index (χ0) is 19.5. The molecule has 26 heavy (non-hydrogen) atoms. The standard InChI is InChI=1S/C19H21ClF3N3/c1-4-12-7-6-8-15(9-12)26(3)18(24)25-16-11-14(19(21,22)23)10-13(5-2)17(16)20/h6-11H,4-5H2,1-3H3,(H2,24,25). The van der Waals surface area contributed by atoms with Gasteiger partial charge in [0.05, 0.1) is 16.3 Å². The molecule has 0 spiro atoms. The number of aliphatic imine (C=N–C) groups is 1. The first-order chi connectivity index (χ1) is 12.2. The number of nitrogens with two attached hydrogens (primary N) is 1. The number of benzene rings is 2. The maximum Gasteiger partial charge on any atom is 0.416 e. The molecule has 0 aliphatic carbocycles. The van der Waals surface area contributed by atoms with Crippen molar-refractivity contribution in [3.05, 3.63) is 58.1 Å². The third-order valence-corrected chi connectivity index (χ3v) is 4.56. The van der Waals surface area contributed by atoms with Gasteiger partial charge >= 0.3 is 6.18 Å². The van der Waals surface area contributed by atoms with Crippen molar-refractivity contribution in [2.24, 2.45) is 10.7 Å². The molecule has 2 rings (SSSR count). The molecule has 0 aliphatic heterocycles. The van der Waals surface area contributed by atoms with Crippen LogP contribution in [0.1, 0.15) is 30.5 Å². The average Bonchev–Trinajstić information content (AvgIpc) is 2.61. The number of nitrogens with zero attached hydrogens (tertiary/aromatic N) is 2. The van der Waals surface area contributed by atoms with Crippen LogP contribution in [-0.2, 0) is 19.0 Å². The Balaban J connectivity index is 2.46. The lowest BCUT2D eigenvalue weighted by atomic mass is 10.1. The van der Waals surface area contributed by atoms with E-state index in [1.165, 1.54) is 0 Å². The second kappa shape index (κ2) is 7.99. The van der Waals surface area contributed by atoms with Gasteiger partial charge < -0.3 is 10.6 Å². The summed E-state index contributed by atoms with van der Waals surface area (Å²) in [7, 11) is 1.70. The number of anilines is 1. The molecule has 0 bridgehead atoms. The molecular formula is C19H21ClF3N3. The van der Waals surface area contributed by atoms with E-state index in [1.807, 2.05) is 31.2 Å². The normalized spacial score (nSPS) is 12.3. The number of halogens is 4. The largest absolute Gasteiger partial charge is 0.416 e. The molecule has 0 atom stereocenters. The van der Waals surface area contributed by atoms with E-state index in [2.05, 4.69) is 4.99 Å². The lowest BCUT2D eigenvalue weighted by Crippen LogP contribution is -2.33. The van der Waals surface area contributed by atoms with Crippen LogP contribution in [0.3, 0.4) is 0 Å². The van der Waals surface area contributed by atoms with Gasteiger partial charge in [-0.15, -0.1) is 0 Å². The fourth-order valence-corrected chi connectivity index (χ4v) is 2.77. The van der Waals surface area contributed by atoms with Crippen molar-refractivity contribution in [2.45, 2.75) is 32.9 Å². The number of rotatable bonds is 4. The number of alkyl halides is 3. The molecule has 2 aromatic rings. The first-order valence-corrected chi connectivity index (χ1v) is 8.61. The fraction of sp³-hybridized carbons (Fsp3) is 0.316. The van der Waals surface area contributed by atoms with E-state index in [0.717, 1.165) is 29.8 Å². The number of hydrogen-bond acceptors (Lipinski definition) is 1. The third kappa shape index (κ3) is 4.49. The molecule has 0 saturated carbocycles. The molecule has 0 radical (unpaired) electrons. The number of aryl methyl sites for hydroxylation is 2. The summed E-state index contributed by atoms with van der Waals surface area (Å²) in [5.74, 6) is 0.0570. The fourth-order valence-electron chi connectivity index (χ4n) is 2.49. The van der Waals surface area contributed by atoms with E-state index in [9.17, 15) is 13.2 Å². The van der Waals surface area contributed by atoms with Crippen molar-refractivity contribution >= 4 is 28.9 Å². The first kappa shape index (κ1) is 20.1. The Morgan fingerprint density at radius 1 is 1.15 bits per heavy atom. The van der Waals surface area contributed by atoms with Crippen LogP contribution in [0.5, 0.6) is 0 Å². The van der Waals surface area contributed by atoms with E-state index in [4.69, 9.17) is 17.3 Å². The predicted molar refractivity (Wildman–Crippen MR) is 101 cm³/mol. The monoisotopic (exact) mass is 383 g/mol. The van der Waals surface area contributed by atoms with Gasteiger partial charge in [-0.05, 0) is 48.2 Å². The second-order valence-corrected chi connectivity index (χ2v) is 6.25. The molecule has 2 aromatic carbocycles. The lowest BCUT2D eigenvalue weighted by Gasteiger charge is -2.19. The Bertz CT molecular complexity index is 816. The summed E-state index contributed by atoms with van der Waals surface area (Å²) in [6, 6.07) is 9.66. The molecule has 0 amide bonds. The van der Waals surface area contributed by atoms with Gasteiger partial charge in [0.25, 0.3) is 0 Å². The smallest absolute Gasteiger partial charge is 0.369 e. The summed E-state index contributed by atoms with van der Waals surface area (Å²) >= 11 is 6.22. The minimum atomic E-state index is -4.48. The van der Waals surface area contributed by atoms with Crippen LogP contribution in [0.2, 0.25) is 5.02 Å². The zero-order valence-corrected chi connectivity index (χ0v) is 15.6. The number of guanidine groups is 1. The molecule has 0 aliphatic rings. The average molecular weight is 384 g/mol. The van der Waals surface area contributed by atoms with Crippen LogP contribution in [0.25, 0.3) is 0 Å². The molecule has 140 valence electrons. The maximum atomic E-state index is 13.1. The van der Waals surface area contributed by atoms with E-state index in [1.54, 1.807) is 18.9 Å². The Morgan fingerprint density at radius 2 is 1.85 bits per heavy atom. The summed E-state index contributed by atoms with van der Waals surface area (Å²) in [5.41, 5.74) is 7.54. The molecule has 0 saturated heterocycles. The van der Waals surface area contributed by atoms with Gasteiger partial charge in [0.1, 0.15) is 0 Å². The quantitative estimate of drug-likeness (QED) is 0.554. The van der Waals surface area contributed by atoms with Crippen molar-refractivity contribution in [3.8, 4) is 0 Å². The maximum absolute atomic E-state index is 13.1. The summed E-state index contributed by atoms with van der Waals surface area (Å²) in [5, 5.41) is 0.180. The SMILES string of the molecule is CCc1cccc(N(C)C(N)=Nc2cc(C(F)(F)F)cc(CC)c2Cl)c1. The minimum absolute atomic E-state index is 0.00865. The van der Waals surface area contributed by atoms with E-state index < -0.39 is 11.7 Å². The molecule has 3 nitrogen and oxygen atoms in total. The van der Waals surface area contributed by atoms with Gasteiger partial charge in [-0.3, -0.25) is 0 Å². The van der Waals surface area contributed by atoms with Crippen LogP contribution in [-0.4, -0.2) is 13.0 Å². The van der Waals surface area contributed by atoms with Crippen LogP contribution in [0.15, 0.2) is 41.4 Å². The molecule has 0 heterocycles. The first-order valence-electron chi connectivity index (χ1n) is 8.23. The molecule has 0 unspecified atom stereocenters. The Labute approximate surface area is 156 Å². The van der Waals surface area contributed by atoms with E-state index in [-0.39, 0.29) is 16.7 Å². The molecule has 2 N–H and O–H groups in total. The minimum Gasteiger partial charge on any atom is -0.369 e. The molecular weight excluding hydrogens is 363 g/mol. The van der Waals surface area contributed by atoms with Gasteiger partial charge in [0.2, 0.25) is 5.96 Å².